The Morgan fingerprint density at radius 3 is 2.76 bits per heavy atom. The summed E-state index contributed by atoms with van der Waals surface area (Å²) in [5, 5.41) is 3.93. The molecule has 0 saturated heterocycles. The van der Waals surface area contributed by atoms with Crippen LogP contribution in [0, 0.1) is 0 Å². The second-order valence-corrected chi connectivity index (χ2v) is 6.32. The summed E-state index contributed by atoms with van der Waals surface area (Å²) < 4.78 is 0. The fraction of sp³-hybridized carbons (Fsp3) is 0.692. The van der Waals surface area contributed by atoms with Gasteiger partial charge >= 0.3 is 0 Å². The Hall–Kier alpha value is -0.770. The van der Waals surface area contributed by atoms with Crippen molar-refractivity contribution in [3.63, 3.8) is 0 Å². The van der Waals surface area contributed by atoms with Crippen molar-refractivity contribution in [2.75, 3.05) is 11.9 Å². The molecule has 1 saturated carbocycles. The van der Waals surface area contributed by atoms with Crippen molar-refractivity contribution in [1.29, 1.82) is 0 Å². The minimum absolute atomic E-state index is 0.630. The zero-order valence-electron chi connectivity index (χ0n) is 10.9. The summed E-state index contributed by atoms with van der Waals surface area (Å²) in [7, 11) is 0. The van der Waals surface area contributed by atoms with E-state index < -0.39 is 0 Å². The van der Waals surface area contributed by atoms with E-state index in [4.69, 9.17) is 0 Å². The fourth-order valence-corrected chi connectivity index (χ4v) is 2.29. The zero-order chi connectivity index (χ0) is 12.3. The van der Waals surface area contributed by atoms with E-state index in [0.717, 1.165) is 23.9 Å². The molecule has 1 fully saturated rings. The van der Waals surface area contributed by atoms with Gasteiger partial charge in [-0.1, -0.05) is 13.8 Å². The summed E-state index contributed by atoms with van der Waals surface area (Å²) in [5.41, 5.74) is 1.23. The molecule has 1 aromatic heterocycles. The number of hydrogen-bond acceptors (Lipinski definition) is 4. The van der Waals surface area contributed by atoms with Crippen LogP contribution in [0.15, 0.2) is 6.07 Å². The molecule has 2 rings (SSSR count). The van der Waals surface area contributed by atoms with Crippen LogP contribution >= 0.6 is 11.8 Å². The second kappa shape index (κ2) is 5.71. The van der Waals surface area contributed by atoms with E-state index in [-0.39, 0.29) is 0 Å². The molecule has 1 N–H and O–H groups in total. The third-order valence-electron chi connectivity index (χ3n) is 2.69. The quantitative estimate of drug-likeness (QED) is 0.840. The number of aromatic nitrogens is 2. The summed E-state index contributed by atoms with van der Waals surface area (Å²) in [6.07, 6.45) is 2.58. The normalized spacial score (nSPS) is 15.3. The Labute approximate surface area is 108 Å². The Bertz CT molecular complexity index is 375. The molecule has 3 nitrogen and oxygen atoms in total. The molecule has 1 aliphatic rings. The van der Waals surface area contributed by atoms with Gasteiger partial charge in [-0.3, -0.25) is 0 Å². The molecule has 0 radical (unpaired) electrons. The van der Waals surface area contributed by atoms with Crippen LogP contribution in [0.2, 0.25) is 0 Å². The van der Waals surface area contributed by atoms with Gasteiger partial charge in [0, 0.05) is 24.2 Å². The van der Waals surface area contributed by atoms with Gasteiger partial charge < -0.3 is 5.32 Å². The molecule has 0 atom stereocenters. The largest absolute Gasteiger partial charge is 0.370 e. The van der Waals surface area contributed by atoms with Gasteiger partial charge in [0.1, 0.15) is 11.6 Å². The SMILES string of the molecule is CCNc1cc(C2CC2)nc(CSC(C)C)n1. The molecule has 17 heavy (non-hydrogen) atoms. The minimum atomic E-state index is 0.630. The van der Waals surface area contributed by atoms with Gasteiger partial charge in [0.15, 0.2) is 0 Å². The summed E-state index contributed by atoms with van der Waals surface area (Å²) >= 11 is 1.90. The number of rotatable bonds is 6. The Balaban J connectivity index is 2.12. The molecule has 0 aliphatic heterocycles. The lowest BCUT2D eigenvalue weighted by molar-refractivity contribution is 0.926. The highest BCUT2D eigenvalue weighted by molar-refractivity contribution is 7.99. The molecule has 4 heteroatoms. The molecular formula is C13H21N3S. The topological polar surface area (TPSA) is 37.8 Å². The van der Waals surface area contributed by atoms with Gasteiger partial charge in [-0.25, -0.2) is 9.97 Å². The molecule has 1 heterocycles. The first-order chi connectivity index (χ1) is 8.19. The summed E-state index contributed by atoms with van der Waals surface area (Å²) in [6, 6.07) is 2.12. The van der Waals surface area contributed by atoms with Gasteiger partial charge in [0.25, 0.3) is 0 Å². The Morgan fingerprint density at radius 1 is 1.41 bits per heavy atom. The Kier molecular flexibility index (Phi) is 4.26. The number of hydrogen-bond donors (Lipinski definition) is 1. The smallest absolute Gasteiger partial charge is 0.140 e. The van der Waals surface area contributed by atoms with Gasteiger partial charge in [-0.15, -0.1) is 0 Å². The predicted molar refractivity (Wildman–Crippen MR) is 74.6 cm³/mol. The standard InChI is InChI=1S/C13H21N3S/c1-4-14-12-7-11(10-5-6-10)15-13(16-12)8-17-9(2)3/h7,9-10H,4-6,8H2,1-3H3,(H,14,15,16). The van der Waals surface area contributed by atoms with E-state index in [0.29, 0.717) is 11.2 Å². The maximum atomic E-state index is 4.68. The number of nitrogens with one attached hydrogen (secondary N) is 1. The van der Waals surface area contributed by atoms with Crippen LogP contribution in [0.1, 0.15) is 51.0 Å². The highest BCUT2D eigenvalue weighted by Crippen LogP contribution is 2.39. The molecule has 94 valence electrons. The highest BCUT2D eigenvalue weighted by Gasteiger charge is 2.26. The maximum absolute atomic E-state index is 4.68. The summed E-state index contributed by atoms with van der Waals surface area (Å²) in [6.45, 7) is 7.43. The molecule has 1 aliphatic carbocycles. The summed E-state index contributed by atoms with van der Waals surface area (Å²) in [4.78, 5) is 9.24. The lowest BCUT2D eigenvalue weighted by Gasteiger charge is -2.09. The third kappa shape index (κ3) is 3.87. The van der Waals surface area contributed by atoms with Gasteiger partial charge in [-0.2, -0.15) is 11.8 Å². The average Bonchev–Trinajstić information content (AvgIpc) is 3.10. The van der Waals surface area contributed by atoms with E-state index in [1.165, 1.54) is 18.5 Å². The van der Waals surface area contributed by atoms with Crippen LogP contribution < -0.4 is 5.32 Å². The number of thioether (sulfide) groups is 1. The second-order valence-electron chi connectivity index (χ2n) is 4.76. The van der Waals surface area contributed by atoms with Crippen molar-refractivity contribution in [1.82, 2.24) is 9.97 Å². The highest BCUT2D eigenvalue weighted by atomic mass is 32.2. The monoisotopic (exact) mass is 251 g/mol. The van der Waals surface area contributed by atoms with E-state index in [2.05, 4.69) is 42.1 Å². The third-order valence-corrected chi connectivity index (χ3v) is 3.78. The first-order valence-corrected chi connectivity index (χ1v) is 7.47. The van der Waals surface area contributed by atoms with Crippen molar-refractivity contribution >= 4 is 17.6 Å². The van der Waals surface area contributed by atoms with Crippen LogP contribution in [0.25, 0.3) is 0 Å². The van der Waals surface area contributed by atoms with E-state index in [1.807, 2.05) is 11.8 Å². The molecular weight excluding hydrogens is 230 g/mol. The lowest BCUT2D eigenvalue weighted by atomic mass is 10.2. The maximum Gasteiger partial charge on any atom is 0.140 e. The first-order valence-electron chi connectivity index (χ1n) is 6.42. The molecule has 0 aromatic carbocycles. The van der Waals surface area contributed by atoms with Gasteiger partial charge in [0.2, 0.25) is 0 Å². The van der Waals surface area contributed by atoms with Crippen LogP contribution in [0.3, 0.4) is 0 Å². The van der Waals surface area contributed by atoms with Gasteiger partial charge in [0.05, 0.1) is 5.75 Å². The molecule has 0 bridgehead atoms. The minimum Gasteiger partial charge on any atom is -0.370 e. The Morgan fingerprint density at radius 2 is 2.18 bits per heavy atom. The van der Waals surface area contributed by atoms with E-state index in [1.54, 1.807) is 0 Å². The predicted octanol–water partition coefficient (Wildman–Crippen LogP) is 3.43. The number of nitrogens with zero attached hydrogens (tertiary/aromatic N) is 2. The first kappa shape index (κ1) is 12.7. The average molecular weight is 251 g/mol. The van der Waals surface area contributed by atoms with E-state index >= 15 is 0 Å². The molecule has 0 unspecified atom stereocenters. The zero-order valence-corrected chi connectivity index (χ0v) is 11.7. The molecule has 0 spiro atoms. The van der Waals surface area contributed by atoms with Gasteiger partial charge in [-0.05, 0) is 25.0 Å². The van der Waals surface area contributed by atoms with Crippen LogP contribution in [-0.4, -0.2) is 21.8 Å². The number of anilines is 1. The van der Waals surface area contributed by atoms with Crippen LogP contribution in [0.4, 0.5) is 5.82 Å². The summed E-state index contributed by atoms with van der Waals surface area (Å²) in [5.74, 6) is 3.57. The molecule has 1 aromatic rings. The van der Waals surface area contributed by atoms with Crippen LogP contribution in [0.5, 0.6) is 0 Å². The fourth-order valence-electron chi connectivity index (χ4n) is 1.68. The van der Waals surface area contributed by atoms with Crippen molar-refractivity contribution in [2.45, 2.75) is 50.5 Å². The van der Waals surface area contributed by atoms with Crippen molar-refractivity contribution in [3.05, 3.63) is 17.6 Å². The lowest BCUT2D eigenvalue weighted by Crippen LogP contribution is -2.05. The molecule has 0 amide bonds. The van der Waals surface area contributed by atoms with Crippen LogP contribution in [-0.2, 0) is 5.75 Å². The van der Waals surface area contributed by atoms with E-state index in [9.17, 15) is 0 Å². The van der Waals surface area contributed by atoms with Crippen molar-refractivity contribution < 1.29 is 0 Å². The van der Waals surface area contributed by atoms with Crippen molar-refractivity contribution in [2.24, 2.45) is 0 Å². The van der Waals surface area contributed by atoms with Crippen molar-refractivity contribution in [3.8, 4) is 0 Å².